The second-order valence-electron chi connectivity index (χ2n) is 4.31. The van der Waals surface area contributed by atoms with E-state index in [2.05, 4.69) is 11.4 Å². The zero-order valence-electron chi connectivity index (χ0n) is 10.4. The van der Waals surface area contributed by atoms with Crippen LogP contribution in [0.4, 0.5) is 0 Å². The van der Waals surface area contributed by atoms with Crippen LogP contribution in [0.15, 0.2) is 24.3 Å². The third kappa shape index (κ3) is 3.72. The third-order valence-corrected chi connectivity index (χ3v) is 2.98. The van der Waals surface area contributed by atoms with Gasteiger partial charge in [0.2, 0.25) is 0 Å². The molecule has 1 saturated heterocycles. The molecule has 0 saturated carbocycles. The van der Waals surface area contributed by atoms with Gasteiger partial charge in [0.15, 0.2) is 0 Å². The Bertz CT molecular complexity index is 335. The quantitative estimate of drug-likeness (QED) is 0.821. The molecular weight excluding hydrogens is 214 g/mol. The summed E-state index contributed by atoms with van der Waals surface area (Å²) in [4.78, 5) is 0. The molecule has 1 N–H and O–H groups in total. The van der Waals surface area contributed by atoms with E-state index in [0.717, 1.165) is 25.4 Å². The maximum absolute atomic E-state index is 5.59. The molecule has 1 atom stereocenters. The average molecular weight is 235 g/mol. The Morgan fingerprint density at radius 3 is 3.06 bits per heavy atom. The van der Waals surface area contributed by atoms with Gasteiger partial charge in [-0.05, 0) is 25.8 Å². The Kier molecular flexibility index (Phi) is 4.83. The van der Waals surface area contributed by atoms with Crippen LogP contribution in [-0.4, -0.2) is 25.9 Å². The first kappa shape index (κ1) is 12.4. The molecule has 1 fully saturated rings. The topological polar surface area (TPSA) is 30.5 Å². The van der Waals surface area contributed by atoms with Crippen LogP contribution < -0.4 is 10.1 Å². The van der Waals surface area contributed by atoms with Crippen LogP contribution in [0.1, 0.15) is 25.3 Å². The van der Waals surface area contributed by atoms with E-state index in [1.807, 2.05) is 25.1 Å². The molecule has 1 aromatic rings. The Morgan fingerprint density at radius 1 is 1.41 bits per heavy atom. The van der Waals surface area contributed by atoms with Crippen LogP contribution in [0.3, 0.4) is 0 Å². The van der Waals surface area contributed by atoms with Crippen molar-refractivity contribution in [3.05, 3.63) is 29.8 Å². The molecule has 1 aromatic carbocycles. The molecule has 0 amide bonds. The SMILES string of the molecule is CCOc1ccccc1CNC[C@@H]1CCCO1. The van der Waals surface area contributed by atoms with Gasteiger partial charge in [0.05, 0.1) is 12.7 Å². The number of rotatable bonds is 6. The summed E-state index contributed by atoms with van der Waals surface area (Å²) in [5.74, 6) is 0.981. The average Bonchev–Trinajstić information content (AvgIpc) is 2.85. The Morgan fingerprint density at radius 2 is 2.29 bits per heavy atom. The summed E-state index contributed by atoms with van der Waals surface area (Å²) in [6.45, 7) is 5.41. The minimum atomic E-state index is 0.397. The van der Waals surface area contributed by atoms with E-state index in [9.17, 15) is 0 Å². The molecule has 1 aliphatic heterocycles. The molecule has 3 nitrogen and oxygen atoms in total. The van der Waals surface area contributed by atoms with Gasteiger partial charge in [-0.15, -0.1) is 0 Å². The van der Waals surface area contributed by atoms with Crippen LogP contribution in [0.5, 0.6) is 5.75 Å². The zero-order chi connectivity index (χ0) is 11.9. The fourth-order valence-corrected chi connectivity index (χ4v) is 2.12. The Hall–Kier alpha value is -1.06. The van der Waals surface area contributed by atoms with Gasteiger partial charge >= 0.3 is 0 Å². The summed E-state index contributed by atoms with van der Waals surface area (Å²) < 4.78 is 11.2. The van der Waals surface area contributed by atoms with Gasteiger partial charge in [-0.2, -0.15) is 0 Å². The van der Waals surface area contributed by atoms with Crippen molar-refractivity contribution >= 4 is 0 Å². The second kappa shape index (κ2) is 6.62. The number of para-hydroxylation sites is 1. The highest BCUT2D eigenvalue weighted by atomic mass is 16.5. The van der Waals surface area contributed by atoms with E-state index < -0.39 is 0 Å². The normalized spacial score (nSPS) is 19.5. The third-order valence-electron chi connectivity index (χ3n) is 2.98. The summed E-state index contributed by atoms with van der Waals surface area (Å²) >= 11 is 0. The Balaban J connectivity index is 1.80. The minimum Gasteiger partial charge on any atom is -0.494 e. The maximum Gasteiger partial charge on any atom is 0.123 e. The van der Waals surface area contributed by atoms with E-state index >= 15 is 0 Å². The lowest BCUT2D eigenvalue weighted by molar-refractivity contribution is 0.110. The highest BCUT2D eigenvalue weighted by Gasteiger charge is 2.14. The van der Waals surface area contributed by atoms with Crippen molar-refractivity contribution in [2.45, 2.75) is 32.4 Å². The van der Waals surface area contributed by atoms with Gasteiger partial charge in [0, 0.05) is 25.3 Å². The molecule has 0 radical (unpaired) electrons. The summed E-state index contributed by atoms with van der Waals surface area (Å²) in [6.07, 6.45) is 2.77. The number of hydrogen-bond acceptors (Lipinski definition) is 3. The Labute approximate surface area is 103 Å². The standard InChI is InChI=1S/C14H21NO2/c1-2-16-14-8-4-3-6-12(14)10-15-11-13-7-5-9-17-13/h3-4,6,8,13,15H,2,5,7,9-11H2,1H3/t13-/m0/s1. The molecule has 0 unspecified atom stereocenters. The molecule has 94 valence electrons. The first-order chi connectivity index (χ1) is 8.40. The predicted octanol–water partition coefficient (Wildman–Crippen LogP) is 2.35. The number of hydrogen-bond donors (Lipinski definition) is 1. The summed E-state index contributed by atoms with van der Waals surface area (Å²) in [6, 6.07) is 8.18. The molecule has 3 heteroatoms. The van der Waals surface area contributed by atoms with Gasteiger partial charge in [-0.1, -0.05) is 18.2 Å². The lowest BCUT2D eigenvalue weighted by Gasteiger charge is -2.13. The first-order valence-corrected chi connectivity index (χ1v) is 6.43. The summed E-state index contributed by atoms with van der Waals surface area (Å²) in [5.41, 5.74) is 1.22. The van der Waals surface area contributed by atoms with Crippen molar-refractivity contribution in [3.8, 4) is 5.75 Å². The molecule has 1 heterocycles. The van der Waals surface area contributed by atoms with Gasteiger partial charge in [0.25, 0.3) is 0 Å². The van der Waals surface area contributed by atoms with Gasteiger partial charge < -0.3 is 14.8 Å². The molecule has 0 aliphatic carbocycles. The minimum absolute atomic E-state index is 0.397. The summed E-state index contributed by atoms with van der Waals surface area (Å²) in [7, 11) is 0. The lowest BCUT2D eigenvalue weighted by Crippen LogP contribution is -2.25. The van der Waals surface area contributed by atoms with E-state index in [1.165, 1.54) is 18.4 Å². The molecule has 17 heavy (non-hydrogen) atoms. The molecular formula is C14H21NO2. The highest BCUT2D eigenvalue weighted by molar-refractivity contribution is 5.33. The van der Waals surface area contributed by atoms with E-state index in [4.69, 9.17) is 9.47 Å². The lowest BCUT2D eigenvalue weighted by atomic mass is 10.2. The number of benzene rings is 1. The monoisotopic (exact) mass is 235 g/mol. The molecule has 0 aromatic heterocycles. The predicted molar refractivity (Wildman–Crippen MR) is 68.3 cm³/mol. The fourth-order valence-electron chi connectivity index (χ4n) is 2.12. The van der Waals surface area contributed by atoms with Crippen molar-refractivity contribution in [1.29, 1.82) is 0 Å². The second-order valence-corrected chi connectivity index (χ2v) is 4.31. The van der Waals surface area contributed by atoms with Gasteiger partial charge in [-0.25, -0.2) is 0 Å². The van der Waals surface area contributed by atoms with Crippen molar-refractivity contribution in [2.75, 3.05) is 19.8 Å². The number of nitrogens with one attached hydrogen (secondary N) is 1. The first-order valence-electron chi connectivity index (χ1n) is 6.43. The zero-order valence-corrected chi connectivity index (χ0v) is 10.4. The van der Waals surface area contributed by atoms with Crippen LogP contribution in [0, 0.1) is 0 Å². The van der Waals surface area contributed by atoms with Crippen molar-refractivity contribution in [2.24, 2.45) is 0 Å². The molecule has 0 bridgehead atoms. The number of ether oxygens (including phenoxy) is 2. The van der Waals surface area contributed by atoms with Crippen molar-refractivity contribution in [3.63, 3.8) is 0 Å². The van der Waals surface area contributed by atoms with Gasteiger partial charge in [-0.3, -0.25) is 0 Å². The van der Waals surface area contributed by atoms with Crippen LogP contribution in [0.2, 0.25) is 0 Å². The fraction of sp³-hybridized carbons (Fsp3) is 0.571. The summed E-state index contributed by atoms with van der Waals surface area (Å²) in [5, 5.41) is 3.44. The maximum atomic E-state index is 5.59. The van der Waals surface area contributed by atoms with Crippen molar-refractivity contribution in [1.82, 2.24) is 5.32 Å². The largest absolute Gasteiger partial charge is 0.494 e. The van der Waals surface area contributed by atoms with E-state index in [0.29, 0.717) is 12.7 Å². The van der Waals surface area contributed by atoms with E-state index in [-0.39, 0.29) is 0 Å². The highest BCUT2D eigenvalue weighted by Crippen LogP contribution is 2.18. The van der Waals surface area contributed by atoms with Crippen LogP contribution in [0.25, 0.3) is 0 Å². The van der Waals surface area contributed by atoms with Gasteiger partial charge in [0.1, 0.15) is 5.75 Å². The molecule has 2 rings (SSSR count). The van der Waals surface area contributed by atoms with Crippen molar-refractivity contribution < 1.29 is 9.47 Å². The smallest absolute Gasteiger partial charge is 0.123 e. The van der Waals surface area contributed by atoms with Crippen LogP contribution in [-0.2, 0) is 11.3 Å². The van der Waals surface area contributed by atoms with E-state index in [1.54, 1.807) is 0 Å². The van der Waals surface area contributed by atoms with Crippen LogP contribution >= 0.6 is 0 Å². The molecule has 0 spiro atoms. The molecule has 1 aliphatic rings.